The number of hydrogen-bond donors (Lipinski definition) is 1. The second-order valence-corrected chi connectivity index (χ2v) is 5.87. The predicted molar refractivity (Wildman–Crippen MR) is 88.3 cm³/mol. The Morgan fingerprint density at radius 3 is 2.64 bits per heavy atom. The molecule has 0 aliphatic carbocycles. The Labute approximate surface area is 141 Å². The van der Waals surface area contributed by atoms with E-state index in [4.69, 9.17) is 21.1 Å². The zero-order chi connectivity index (χ0) is 16.1. The third-order valence-electron chi connectivity index (χ3n) is 2.83. The summed E-state index contributed by atoms with van der Waals surface area (Å²) >= 11 is 9.11. The Morgan fingerprint density at radius 1 is 1.23 bits per heavy atom. The van der Waals surface area contributed by atoms with Crippen molar-refractivity contribution in [3.63, 3.8) is 0 Å². The Bertz CT molecular complexity index is 688. The lowest BCUT2D eigenvalue weighted by atomic mass is 10.2. The van der Waals surface area contributed by atoms with Crippen molar-refractivity contribution in [2.75, 3.05) is 13.2 Å². The van der Waals surface area contributed by atoms with E-state index in [2.05, 4.69) is 15.9 Å². The average Bonchev–Trinajstić information content (AvgIpc) is 2.44. The van der Waals surface area contributed by atoms with Crippen molar-refractivity contribution in [3.05, 3.63) is 57.0 Å². The molecule has 0 spiro atoms. The highest BCUT2D eigenvalue weighted by Gasteiger charge is 2.16. The molecule has 0 saturated carbocycles. The summed E-state index contributed by atoms with van der Waals surface area (Å²) in [6.07, 6.45) is 0. The van der Waals surface area contributed by atoms with Crippen LogP contribution in [0, 0.1) is 6.92 Å². The molecule has 0 fully saturated rings. The highest BCUT2D eigenvalue weighted by Crippen LogP contribution is 2.32. The maximum absolute atomic E-state index is 11.2. The van der Waals surface area contributed by atoms with Gasteiger partial charge in [0.25, 0.3) is 0 Å². The highest BCUT2D eigenvalue weighted by atomic mass is 79.9. The number of carboxylic acid groups (broad SMARTS) is 1. The van der Waals surface area contributed by atoms with Gasteiger partial charge in [-0.05, 0) is 52.7 Å². The molecule has 0 heterocycles. The molecular formula is C16H14BrClO4. The van der Waals surface area contributed by atoms with Gasteiger partial charge in [-0.1, -0.05) is 23.7 Å². The van der Waals surface area contributed by atoms with Gasteiger partial charge in [0, 0.05) is 5.02 Å². The number of benzene rings is 2. The summed E-state index contributed by atoms with van der Waals surface area (Å²) in [5.74, 6) is -0.111. The number of halogens is 2. The van der Waals surface area contributed by atoms with Crippen LogP contribution in [0.2, 0.25) is 5.02 Å². The minimum absolute atomic E-state index is 0.00919. The van der Waals surface area contributed by atoms with Crippen molar-refractivity contribution in [3.8, 4) is 11.5 Å². The van der Waals surface area contributed by atoms with Crippen LogP contribution in [-0.2, 0) is 0 Å². The van der Waals surface area contributed by atoms with Crippen molar-refractivity contribution in [1.82, 2.24) is 0 Å². The molecular weight excluding hydrogens is 372 g/mol. The van der Waals surface area contributed by atoms with Crippen LogP contribution < -0.4 is 9.47 Å². The standard InChI is InChI=1S/C16H14BrClO4/c1-10-3-2-4-12(7-10)21-5-6-22-15-13(16(19)20)8-11(18)9-14(15)17/h2-4,7-9H,5-6H2,1H3,(H,19,20). The topological polar surface area (TPSA) is 55.8 Å². The highest BCUT2D eigenvalue weighted by molar-refractivity contribution is 9.10. The molecule has 1 N–H and O–H groups in total. The maximum Gasteiger partial charge on any atom is 0.339 e. The fourth-order valence-electron chi connectivity index (χ4n) is 1.87. The van der Waals surface area contributed by atoms with Crippen molar-refractivity contribution in [2.24, 2.45) is 0 Å². The SMILES string of the molecule is Cc1cccc(OCCOc2c(Br)cc(Cl)cc2C(=O)O)c1. The number of carboxylic acids is 1. The van der Waals surface area contributed by atoms with E-state index < -0.39 is 5.97 Å². The van der Waals surface area contributed by atoms with E-state index in [-0.39, 0.29) is 17.9 Å². The van der Waals surface area contributed by atoms with Gasteiger partial charge < -0.3 is 14.6 Å². The molecule has 2 aromatic rings. The monoisotopic (exact) mass is 384 g/mol. The number of hydrogen-bond acceptors (Lipinski definition) is 3. The molecule has 0 aliphatic heterocycles. The lowest BCUT2D eigenvalue weighted by molar-refractivity contribution is 0.0691. The molecule has 0 unspecified atom stereocenters. The van der Waals surface area contributed by atoms with Gasteiger partial charge in [-0.15, -0.1) is 0 Å². The minimum Gasteiger partial charge on any atom is -0.490 e. The summed E-state index contributed by atoms with van der Waals surface area (Å²) in [5.41, 5.74) is 1.11. The zero-order valence-electron chi connectivity index (χ0n) is 11.8. The molecule has 116 valence electrons. The second kappa shape index (κ2) is 7.51. The zero-order valence-corrected chi connectivity index (χ0v) is 14.1. The Morgan fingerprint density at radius 2 is 1.95 bits per heavy atom. The van der Waals surface area contributed by atoms with Crippen LogP contribution in [0.4, 0.5) is 0 Å². The molecule has 0 aliphatic rings. The quantitative estimate of drug-likeness (QED) is 0.740. The van der Waals surface area contributed by atoms with Crippen LogP contribution in [0.1, 0.15) is 15.9 Å². The number of rotatable bonds is 6. The van der Waals surface area contributed by atoms with Crippen LogP contribution in [0.5, 0.6) is 11.5 Å². The summed E-state index contributed by atoms with van der Waals surface area (Å²) in [6, 6.07) is 10.6. The first-order chi connectivity index (χ1) is 10.5. The average molecular weight is 386 g/mol. The summed E-state index contributed by atoms with van der Waals surface area (Å²) in [4.78, 5) is 11.2. The van der Waals surface area contributed by atoms with E-state index in [1.54, 1.807) is 6.07 Å². The third kappa shape index (κ3) is 4.39. The van der Waals surface area contributed by atoms with E-state index in [1.807, 2.05) is 31.2 Å². The number of aromatic carboxylic acids is 1. The largest absolute Gasteiger partial charge is 0.490 e. The number of ether oxygens (including phenoxy) is 2. The van der Waals surface area contributed by atoms with Crippen molar-refractivity contribution in [1.29, 1.82) is 0 Å². The van der Waals surface area contributed by atoms with Gasteiger partial charge >= 0.3 is 5.97 Å². The van der Waals surface area contributed by atoms with Crippen LogP contribution in [0.25, 0.3) is 0 Å². The molecule has 0 radical (unpaired) electrons. The molecule has 0 atom stereocenters. The van der Waals surface area contributed by atoms with Gasteiger partial charge in [0.2, 0.25) is 0 Å². The van der Waals surface area contributed by atoms with Gasteiger partial charge in [-0.25, -0.2) is 4.79 Å². The van der Waals surface area contributed by atoms with Crippen molar-refractivity contribution < 1.29 is 19.4 Å². The number of aryl methyl sites for hydroxylation is 1. The van der Waals surface area contributed by atoms with E-state index in [0.717, 1.165) is 11.3 Å². The minimum atomic E-state index is -1.10. The van der Waals surface area contributed by atoms with Gasteiger partial charge in [0.1, 0.15) is 30.3 Å². The molecule has 22 heavy (non-hydrogen) atoms. The second-order valence-electron chi connectivity index (χ2n) is 4.58. The molecule has 6 heteroatoms. The molecule has 0 aromatic heterocycles. The summed E-state index contributed by atoms with van der Waals surface area (Å²) < 4.78 is 11.6. The summed E-state index contributed by atoms with van der Waals surface area (Å²) in [6.45, 7) is 2.50. The van der Waals surface area contributed by atoms with E-state index in [1.165, 1.54) is 6.07 Å². The van der Waals surface area contributed by atoms with E-state index >= 15 is 0 Å². The van der Waals surface area contributed by atoms with Crippen LogP contribution in [-0.4, -0.2) is 24.3 Å². The van der Waals surface area contributed by atoms with Gasteiger partial charge in [0.05, 0.1) is 4.47 Å². The summed E-state index contributed by atoms with van der Waals surface area (Å²) in [5, 5.41) is 9.52. The Kier molecular flexibility index (Phi) is 5.69. The molecule has 2 rings (SSSR count). The molecule has 0 bridgehead atoms. The Balaban J connectivity index is 1.98. The van der Waals surface area contributed by atoms with E-state index in [0.29, 0.717) is 16.1 Å². The van der Waals surface area contributed by atoms with Crippen LogP contribution in [0.3, 0.4) is 0 Å². The van der Waals surface area contributed by atoms with Crippen molar-refractivity contribution >= 4 is 33.5 Å². The van der Waals surface area contributed by atoms with Crippen LogP contribution >= 0.6 is 27.5 Å². The first-order valence-corrected chi connectivity index (χ1v) is 7.69. The lowest BCUT2D eigenvalue weighted by Crippen LogP contribution is -2.11. The maximum atomic E-state index is 11.2. The lowest BCUT2D eigenvalue weighted by Gasteiger charge is -2.12. The van der Waals surface area contributed by atoms with Crippen molar-refractivity contribution in [2.45, 2.75) is 6.92 Å². The van der Waals surface area contributed by atoms with Gasteiger partial charge in [0.15, 0.2) is 0 Å². The number of carbonyl (C=O) groups is 1. The van der Waals surface area contributed by atoms with Gasteiger partial charge in [-0.3, -0.25) is 0 Å². The molecule has 0 saturated heterocycles. The Hall–Kier alpha value is -1.72. The van der Waals surface area contributed by atoms with Gasteiger partial charge in [-0.2, -0.15) is 0 Å². The fourth-order valence-corrected chi connectivity index (χ4v) is 2.80. The van der Waals surface area contributed by atoms with Crippen LogP contribution in [0.15, 0.2) is 40.9 Å². The third-order valence-corrected chi connectivity index (χ3v) is 3.63. The fraction of sp³-hybridized carbons (Fsp3) is 0.188. The first-order valence-electron chi connectivity index (χ1n) is 6.52. The van der Waals surface area contributed by atoms with E-state index in [9.17, 15) is 9.90 Å². The smallest absolute Gasteiger partial charge is 0.339 e. The summed E-state index contributed by atoms with van der Waals surface area (Å²) in [7, 11) is 0. The molecule has 4 nitrogen and oxygen atoms in total. The molecule has 2 aromatic carbocycles. The predicted octanol–water partition coefficient (Wildman–Crippen LogP) is 4.57. The normalized spacial score (nSPS) is 10.3. The first kappa shape index (κ1) is 16.6. The molecule has 0 amide bonds.